The molecule has 14 heteroatoms. The van der Waals surface area contributed by atoms with Gasteiger partial charge in [0.05, 0.1) is 0 Å². The summed E-state index contributed by atoms with van der Waals surface area (Å²) < 4.78 is 6.45. The van der Waals surface area contributed by atoms with Crippen molar-refractivity contribution < 1.29 is 4.42 Å². The van der Waals surface area contributed by atoms with Gasteiger partial charge in [-0.05, 0) is 73.8 Å². The van der Waals surface area contributed by atoms with Gasteiger partial charge in [-0.25, -0.2) is 15.0 Å². The highest BCUT2D eigenvalue weighted by Crippen LogP contribution is 2.41. The number of hydrogen-bond acceptors (Lipinski definition) is 4. The van der Waals surface area contributed by atoms with Crippen molar-refractivity contribution in [1.29, 1.82) is 0 Å². The van der Waals surface area contributed by atoms with Crippen LogP contribution in [-0.2, 0) is 0 Å². The molecule has 59 heavy (non-hydrogen) atoms. The number of rotatable bonds is 4. The summed E-state index contributed by atoms with van der Waals surface area (Å²) in [6.07, 6.45) is 0. The molecule has 0 fully saturated rings. The average Bonchev–Trinajstić information content (AvgIpc) is 3.64. The van der Waals surface area contributed by atoms with E-state index in [4.69, 9.17) is 97.8 Å². The molecule has 0 saturated carbocycles. The molecule has 0 aliphatic heterocycles. The number of benzene rings is 8. The van der Waals surface area contributed by atoms with Crippen LogP contribution in [0.4, 0.5) is 0 Å². The smallest absolute Gasteiger partial charge is 0.164 e. The molecule has 2 heterocycles. The Labute approximate surface area is 353 Å². The maximum absolute atomic E-state index is 6.52. The Morgan fingerprint density at radius 1 is 0.322 bits per heavy atom. The van der Waals surface area contributed by atoms with Crippen LogP contribution in [-0.4, -0.2) is 93.4 Å². The zero-order chi connectivity index (χ0) is 41.0. The van der Waals surface area contributed by atoms with Crippen molar-refractivity contribution in [2.45, 2.75) is 0 Å². The van der Waals surface area contributed by atoms with Gasteiger partial charge in [0, 0.05) is 27.5 Å². The lowest BCUT2D eigenvalue weighted by molar-refractivity contribution is 0.669. The summed E-state index contributed by atoms with van der Waals surface area (Å²) in [5.41, 5.74) is 4.45. The second-order valence-electron chi connectivity index (χ2n) is 14.5. The van der Waals surface area contributed by atoms with Crippen LogP contribution in [0.3, 0.4) is 0 Å². The summed E-state index contributed by atoms with van der Waals surface area (Å²) >= 11 is 0. The van der Waals surface area contributed by atoms with E-state index in [1.54, 1.807) is 0 Å². The second-order valence-corrected chi connectivity index (χ2v) is 14.5. The van der Waals surface area contributed by atoms with E-state index >= 15 is 0 Å². The summed E-state index contributed by atoms with van der Waals surface area (Å²) in [6.45, 7) is 0. The Morgan fingerprint density at radius 3 is 1.27 bits per heavy atom. The fraction of sp³-hybridized carbons (Fsp3) is 0. The Balaban J connectivity index is 1.22. The average molecular weight is 724 g/mol. The van der Waals surface area contributed by atoms with Crippen LogP contribution >= 0.6 is 0 Å². The molecular weight excluding hydrogens is 707 g/mol. The van der Waals surface area contributed by atoms with Crippen LogP contribution in [0.25, 0.3) is 99.5 Å². The van der Waals surface area contributed by atoms with E-state index in [2.05, 4.69) is 72.8 Å². The molecule has 0 unspecified atom stereocenters. The van der Waals surface area contributed by atoms with Crippen LogP contribution in [0.1, 0.15) is 0 Å². The molecule has 0 amide bonds. The summed E-state index contributed by atoms with van der Waals surface area (Å²) in [7, 11) is 63.5. The minimum atomic E-state index is 0.0138. The lowest BCUT2D eigenvalue weighted by Gasteiger charge is -2.22. The maximum Gasteiger partial charge on any atom is 0.164 e. The Bertz CT molecular complexity index is 3300. The Morgan fingerprint density at radius 2 is 0.746 bits per heavy atom. The van der Waals surface area contributed by atoms with Crippen LogP contribution in [0.15, 0.2) is 108 Å². The van der Waals surface area contributed by atoms with Crippen molar-refractivity contribution in [3.05, 3.63) is 103 Å². The monoisotopic (exact) mass is 725 g/mol. The predicted octanol–water partition coefficient (Wildman–Crippen LogP) is -0.163. The third kappa shape index (κ3) is 5.63. The molecule has 0 saturated heterocycles. The van der Waals surface area contributed by atoms with Crippen LogP contribution in [0.5, 0.6) is 0 Å². The molecule has 248 valence electrons. The predicted molar refractivity (Wildman–Crippen MR) is 255 cm³/mol. The molecule has 20 radical (unpaired) electrons. The summed E-state index contributed by atoms with van der Waals surface area (Å²) in [4.78, 5) is 14.4. The summed E-state index contributed by atoms with van der Waals surface area (Å²) in [6, 6.07) is 35.3. The van der Waals surface area contributed by atoms with Gasteiger partial charge in [-0.15, -0.1) is 32.8 Å². The zero-order valence-corrected chi connectivity index (χ0v) is 31.3. The number of furan rings is 1. The third-order valence-corrected chi connectivity index (χ3v) is 11.3. The maximum atomic E-state index is 6.52. The van der Waals surface area contributed by atoms with E-state index in [1.165, 1.54) is 26.9 Å². The first-order chi connectivity index (χ1) is 28.4. The van der Waals surface area contributed by atoms with Gasteiger partial charge in [0.25, 0.3) is 0 Å². The van der Waals surface area contributed by atoms with E-state index < -0.39 is 0 Å². The minimum absolute atomic E-state index is 0.0138. The molecule has 0 bridgehead atoms. The third-order valence-electron chi connectivity index (χ3n) is 11.3. The quantitative estimate of drug-likeness (QED) is 0.187. The number of nitrogens with zero attached hydrogens (tertiary/aromatic N) is 3. The van der Waals surface area contributed by atoms with Gasteiger partial charge in [0.1, 0.15) is 89.6 Å². The molecule has 8 aromatic carbocycles. The molecular formula is C45H17B10N3O. The molecule has 0 atom stereocenters. The normalized spacial score (nSPS) is 11.7. The van der Waals surface area contributed by atoms with Crippen molar-refractivity contribution in [2.75, 3.05) is 0 Å². The van der Waals surface area contributed by atoms with Crippen LogP contribution in [0, 0.1) is 0 Å². The second kappa shape index (κ2) is 13.8. The number of fused-ring (bicyclic) bond motifs is 9. The van der Waals surface area contributed by atoms with Gasteiger partial charge in [0.2, 0.25) is 0 Å². The SMILES string of the molecule is [B]c1c([B])c([B])c(-c2nc(-c3ccc4oc5cccc(-c6ccc7c8ccccc8c8ccccc8c7c6)c5c4c3)nc(-c3c([B])c([B])c([B])c([B])c3[B])n2)c([B])c1[B]. The van der Waals surface area contributed by atoms with Crippen molar-refractivity contribution in [3.8, 4) is 45.3 Å². The molecule has 0 aliphatic rings. The lowest BCUT2D eigenvalue weighted by Crippen LogP contribution is -2.55. The van der Waals surface area contributed by atoms with Crippen molar-refractivity contribution in [2.24, 2.45) is 0 Å². The molecule has 10 rings (SSSR count). The van der Waals surface area contributed by atoms with E-state index in [-0.39, 0.29) is 83.2 Å². The molecule has 4 nitrogen and oxygen atoms in total. The Kier molecular flexibility index (Phi) is 8.72. The van der Waals surface area contributed by atoms with E-state index in [1.807, 2.05) is 30.3 Å². The van der Waals surface area contributed by atoms with E-state index in [9.17, 15) is 0 Å². The van der Waals surface area contributed by atoms with Crippen LogP contribution in [0.2, 0.25) is 0 Å². The first-order valence-electron chi connectivity index (χ1n) is 18.5. The highest BCUT2D eigenvalue weighted by molar-refractivity contribution is 6.70. The van der Waals surface area contributed by atoms with Gasteiger partial charge < -0.3 is 4.42 Å². The minimum Gasteiger partial charge on any atom is -0.456 e. The zero-order valence-electron chi connectivity index (χ0n) is 31.3. The highest BCUT2D eigenvalue weighted by atomic mass is 16.3. The van der Waals surface area contributed by atoms with Gasteiger partial charge in [-0.1, -0.05) is 94.6 Å². The van der Waals surface area contributed by atoms with E-state index in [0.717, 1.165) is 27.3 Å². The van der Waals surface area contributed by atoms with Crippen LogP contribution < -0.4 is 54.6 Å². The van der Waals surface area contributed by atoms with Crippen molar-refractivity contribution in [3.63, 3.8) is 0 Å². The fourth-order valence-electron chi connectivity index (χ4n) is 8.19. The molecule has 10 aromatic rings. The van der Waals surface area contributed by atoms with Gasteiger partial charge >= 0.3 is 0 Å². The standard InChI is InChI=1S/C45H17B10N3O/c46-33-31(34(47)38(51)41(54)37(33)50)44-56-43(57-45(58-44)32-35(48)39(52)42(55)40(53)36(32)49)19-13-15-28-27(17-19)30-20(10-5-11-29(30)59-28)18-12-14-25-23-8-2-1-6-21(23)22-7-3-4-9-24(22)26(25)16-18/h1-17H. The first-order valence-corrected chi connectivity index (χ1v) is 18.5. The Hall–Kier alpha value is -6.00. The number of aromatic nitrogens is 3. The molecule has 0 spiro atoms. The fourth-order valence-corrected chi connectivity index (χ4v) is 8.19. The number of hydrogen-bond donors (Lipinski definition) is 0. The lowest BCUT2D eigenvalue weighted by atomic mass is 9.60. The van der Waals surface area contributed by atoms with Crippen molar-refractivity contribution >= 4 is 187 Å². The molecule has 2 aromatic heterocycles. The largest absolute Gasteiger partial charge is 0.456 e. The summed E-state index contributed by atoms with van der Waals surface area (Å²) in [5, 5.41) is 8.83. The van der Waals surface area contributed by atoms with E-state index in [0.29, 0.717) is 16.7 Å². The highest BCUT2D eigenvalue weighted by Gasteiger charge is 2.22. The molecule has 0 N–H and O–H groups in total. The van der Waals surface area contributed by atoms with Crippen molar-refractivity contribution in [1.82, 2.24) is 15.0 Å². The first kappa shape index (κ1) is 37.3. The van der Waals surface area contributed by atoms with Gasteiger partial charge in [0.15, 0.2) is 17.5 Å². The van der Waals surface area contributed by atoms with Gasteiger partial charge in [-0.3, -0.25) is 0 Å². The van der Waals surface area contributed by atoms with Gasteiger partial charge in [-0.2, -0.15) is 0 Å². The summed E-state index contributed by atoms with van der Waals surface area (Å²) in [5.74, 6) is 0.225. The topological polar surface area (TPSA) is 51.8 Å². The molecule has 0 aliphatic carbocycles.